The monoisotopic (exact) mass is 269 g/mol. The summed E-state index contributed by atoms with van der Waals surface area (Å²) in [5.74, 6) is -3.19. The number of aromatic nitrogens is 1. The quantitative estimate of drug-likeness (QED) is 0.840. The van der Waals surface area contributed by atoms with E-state index in [9.17, 15) is 18.0 Å². The van der Waals surface area contributed by atoms with Crippen LogP contribution in [0.1, 0.15) is 22.3 Å². The third-order valence-electron chi connectivity index (χ3n) is 1.42. The van der Waals surface area contributed by atoms with Gasteiger partial charge in [-0.15, -0.1) is 0 Å². The number of rotatable bonds is 2. The predicted octanol–water partition coefficient (Wildman–Crippen LogP) is 2.62. The number of hydrogen-bond acceptors (Lipinski definition) is 2. The fraction of sp³-hybridized carbons (Fsp3) is 0.143. The highest BCUT2D eigenvalue weighted by Gasteiger charge is 2.23. The van der Waals surface area contributed by atoms with Crippen LogP contribution >= 0.6 is 15.9 Å². The molecule has 14 heavy (non-hydrogen) atoms. The lowest BCUT2D eigenvalue weighted by Crippen LogP contribution is -2.08. The van der Waals surface area contributed by atoms with Crippen molar-refractivity contribution in [3.8, 4) is 0 Å². The molecule has 0 saturated heterocycles. The van der Waals surface area contributed by atoms with Crippen molar-refractivity contribution in [2.75, 3.05) is 0 Å². The molecule has 0 radical (unpaired) electrons. The van der Waals surface area contributed by atoms with Gasteiger partial charge in [-0.05, 0) is 22.0 Å². The van der Waals surface area contributed by atoms with Gasteiger partial charge < -0.3 is 5.11 Å². The number of halogens is 4. The summed E-state index contributed by atoms with van der Waals surface area (Å²) in [5.41, 5.74) is -1.99. The second-order valence-corrected chi connectivity index (χ2v) is 3.12. The number of pyridine rings is 1. The Kier molecular flexibility index (Phi) is 3.10. The SMILES string of the molecule is O=C(O)c1c(C(F)F)cc(Br)nc1F. The van der Waals surface area contributed by atoms with E-state index in [4.69, 9.17) is 5.11 Å². The van der Waals surface area contributed by atoms with E-state index in [2.05, 4.69) is 20.9 Å². The predicted molar refractivity (Wildman–Crippen MR) is 43.8 cm³/mol. The molecule has 0 fully saturated rings. The van der Waals surface area contributed by atoms with Crippen molar-refractivity contribution in [3.63, 3.8) is 0 Å². The van der Waals surface area contributed by atoms with E-state index in [0.29, 0.717) is 0 Å². The van der Waals surface area contributed by atoms with Gasteiger partial charge in [0.2, 0.25) is 5.95 Å². The minimum Gasteiger partial charge on any atom is -0.478 e. The van der Waals surface area contributed by atoms with Crippen molar-refractivity contribution in [1.29, 1.82) is 0 Å². The molecule has 76 valence electrons. The number of carbonyl (C=O) groups is 1. The minimum atomic E-state index is -3.06. The lowest BCUT2D eigenvalue weighted by molar-refractivity contribution is 0.0677. The van der Waals surface area contributed by atoms with Crippen molar-refractivity contribution in [2.45, 2.75) is 6.43 Å². The summed E-state index contributed by atoms with van der Waals surface area (Å²) in [6.45, 7) is 0. The fourth-order valence-electron chi connectivity index (χ4n) is 0.885. The van der Waals surface area contributed by atoms with Gasteiger partial charge in [0.15, 0.2) is 0 Å². The van der Waals surface area contributed by atoms with Crippen LogP contribution in [0.2, 0.25) is 0 Å². The van der Waals surface area contributed by atoms with Gasteiger partial charge in [-0.3, -0.25) is 0 Å². The van der Waals surface area contributed by atoms with Crippen molar-refractivity contribution < 1.29 is 23.1 Å². The van der Waals surface area contributed by atoms with Crippen LogP contribution in [0.25, 0.3) is 0 Å². The number of alkyl halides is 2. The number of hydrogen-bond donors (Lipinski definition) is 1. The van der Waals surface area contributed by atoms with Crippen molar-refractivity contribution in [3.05, 3.63) is 27.7 Å². The zero-order valence-corrected chi connectivity index (χ0v) is 8.06. The number of carboxylic acid groups (broad SMARTS) is 1. The summed E-state index contributed by atoms with van der Waals surface area (Å²) in [4.78, 5) is 13.5. The third kappa shape index (κ3) is 2.03. The molecule has 1 heterocycles. The van der Waals surface area contributed by atoms with Gasteiger partial charge in [0.25, 0.3) is 6.43 Å². The molecule has 1 N–H and O–H groups in total. The van der Waals surface area contributed by atoms with E-state index >= 15 is 0 Å². The van der Waals surface area contributed by atoms with Gasteiger partial charge in [0.05, 0.1) is 0 Å². The lowest BCUT2D eigenvalue weighted by atomic mass is 10.1. The lowest BCUT2D eigenvalue weighted by Gasteiger charge is -2.05. The van der Waals surface area contributed by atoms with Crippen LogP contribution in [0, 0.1) is 5.95 Å². The van der Waals surface area contributed by atoms with E-state index in [1.165, 1.54) is 0 Å². The zero-order valence-electron chi connectivity index (χ0n) is 6.47. The van der Waals surface area contributed by atoms with Gasteiger partial charge in [-0.2, -0.15) is 4.39 Å². The standard InChI is InChI=1S/C7H3BrF3NO2/c8-3-1-2(5(9)10)4(7(13)14)6(11)12-3/h1,5H,(H,13,14). The highest BCUT2D eigenvalue weighted by molar-refractivity contribution is 9.10. The Morgan fingerprint density at radius 3 is 2.57 bits per heavy atom. The molecule has 0 unspecified atom stereocenters. The van der Waals surface area contributed by atoms with Crippen molar-refractivity contribution in [1.82, 2.24) is 4.98 Å². The average molecular weight is 270 g/mol. The maximum absolute atomic E-state index is 12.9. The first-order valence-corrected chi connectivity index (χ1v) is 4.10. The molecular formula is C7H3BrF3NO2. The zero-order chi connectivity index (χ0) is 10.9. The average Bonchev–Trinajstić information content (AvgIpc) is 2.01. The molecule has 3 nitrogen and oxygen atoms in total. The first kappa shape index (κ1) is 11.0. The molecular weight excluding hydrogens is 267 g/mol. The molecule has 0 amide bonds. The van der Waals surface area contributed by atoms with Crippen molar-refractivity contribution in [2.24, 2.45) is 0 Å². The Bertz CT molecular complexity index is 383. The van der Waals surface area contributed by atoms with Crippen LogP contribution < -0.4 is 0 Å². The van der Waals surface area contributed by atoms with Crippen LogP contribution in [-0.4, -0.2) is 16.1 Å². The van der Waals surface area contributed by atoms with E-state index in [1.807, 2.05) is 0 Å². The Morgan fingerprint density at radius 2 is 2.14 bits per heavy atom. The normalized spacial score (nSPS) is 10.6. The molecule has 1 rings (SSSR count). The second-order valence-electron chi connectivity index (χ2n) is 2.31. The first-order chi connectivity index (χ1) is 6.43. The Morgan fingerprint density at radius 1 is 1.57 bits per heavy atom. The van der Waals surface area contributed by atoms with Crippen LogP contribution in [0.5, 0.6) is 0 Å². The van der Waals surface area contributed by atoms with Crippen LogP contribution in [0.3, 0.4) is 0 Å². The van der Waals surface area contributed by atoms with E-state index in [0.717, 1.165) is 6.07 Å². The molecule has 0 aliphatic heterocycles. The highest BCUT2D eigenvalue weighted by atomic mass is 79.9. The van der Waals surface area contributed by atoms with Crippen molar-refractivity contribution >= 4 is 21.9 Å². The number of carboxylic acids is 1. The van der Waals surface area contributed by atoms with E-state index in [1.54, 1.807) is 0 Å². The van der Waals surface area contributed by atoms with Gasteiger partial charge in [-0.25, -0.2) is 18.6 Å². The minimum absolute atomic E-state index is 0.171. The van der Waals surface area contributed by atoms with Gasteiger partial charge >= 0.3 is 5.97 Å². The Hall–Kier alpha value is -1.11. The Balaban J connectivity index is 3.44. The van der Waals surface area contributed by atoms with Crippen LogP contribution in [0.15, 0.2) is 10.7 Å². The Labute approximate surface area is 84.7 Å². The number of nitrogens with zero attached hydrogens (tertiary/aromatic N) is 1. The molecule has 0 aromatic carbocycles. The smallest absolute Gasteiger partial charge is 0.340 e. The van der Waals surface area contributed by atoms with Crippen LogP contribution in [0.4, 0.5) is 13.2 Å². The van der Waals surface area contributed by atoms with E-state index in [-0.39, 0.29) is 4.60 Å². The molecule has 0 aliphatic rings. The van der Waals surface area contributed by atoms with Gasteiger partial charge in [0.1, 0.15) is 10.2 Å². The summed E-state index contributed by atoms with van der Waals surface area (Å²) in [5, 5.41) is 8.46. The fourth-order valence-corrected chi connectivity index (χ4v) is 1.29. The van der Waals surface area contributed by atoms with Gasteiger partial charge in [0, 0.05) is 5.56 Å². The summed E-state index contributed by atoms with van der Waals surface area (Å²) < 4.78 is 37.2. The molecule has 0 spiro atoms. The molecule has 0 bridgehead atoms. The first-order valence-electron chi connectivity index (χ1n) is 3.31. The largest absolute Gasteiger partial charge is 0.478 e. The summed E-state index contributed by atoms with van der Waals surface area (Å²) in [6, 6.07) is 0.775. The van der Waals surface area contributed by atoms with E-state index < -0.39 is 29.5 Å². The molecule has 1 aromatic rings. The molecule has 0 atom stereocenters. The second kappa shape index (κ2) is 3.95. The molecule has 0 aliphatic carbocycles. The topological polar surface area (TPSA) is 50.2 Å². The van der Waals surface area contributed by atoms with Gasteiger partial charge in [-0.1, -0.05) is 0 Å². The maximum atomic E-state index is 12.9. The molecule has 1 aromatic heterocycles. The molecule has 7 heteroatoms. The summed E-state index contributed by atoms with van der Waals surface area (Å²) >= 11 is 2.69. The summed E-state index contributed by atoms with van der Waals surface area (Å²) in [7, 11) is 0. The summed E-state index contributed by atoms with van der Waals surface area (Å²) in [6.07, 6.45) is -3.06. The third-order valence-corrected chi connectivity index (χ3v) is 1.83. The molecule has 0 saturated carbocycles. The highest BCUT2D eigenvalue weighted by Crippen LogP contribution is 2.26. The maximum Gasteiger partial charge on any atom is 0.340 e. The number of aromatic carboxylic acids is 1. The van der Waals surface area contributed by atoms with Crippen LogP contribution in [-0.2, 0) is 0 Å².